The van der Waals surface area contributed by atoms with Crippen molar-refractivity contribution in [2.75, 3.05) is 47.1 Å². The van der Waals surface area contributed by atoms with Gasteiger partial charge in [0.25, 0.3) is 0 Å². The monoisotopic (exact) mass is 205 g/mol. The molecule has 0 bridgehead atoms. The minimum atomic E-state index is -0.331. The zero-order chi connectivity index (χ0) is 10.8. The molecule has 0 saturated carbocycles. The predicted molar refractivity (Wildman–Crippen MR) is 53.1 cm³/mol. The fourth-order valence-corrected chi connectivity index (χ4v) is 0.771. The molecule has 0 aliphatic rings. The highest BCUT2D eigenvalue weighted by molar-refractivity contribution is 5.73. The van der Waals surface area contributed by atoms with Crippen LogP contribution in [0.1, 0.15) is 6.42 Å². The summed E-state index contributed by atoms with van der Waals surface area (Å²) in [7, 11) is 4.15. The number of hydrogen-bond acceptors (Lipinski definition) is 3. The van der Waals surface area contributed by atoms with E-state index in [1.54, 1.807) is 0 Å². The van der Waals surface area contributed by atoms with Crippen molar-refractivity contribution < 1.29 is 19.2 Å². The van der Waals surface area contributed by atoms with E-state index in [9.17, 15) is 4.79 Å². The van der Waals surface area contributed by atoms with E-state index in [4.69, 9.17) is 15.2 Å². The van der Waals surface area contributed by atoms with Crippen molar-refractivity contribution in [2.45, 2.75) is 6.42 Å². The highest BCUT2D eigenvalue weighted by Gasteiger charge is 1.95. The summed E-state index contributed by atoms with van der Waals surface area (Å²) < 4.78 is 10.4. The van der Waals surface area contributed by atoms with Gasteiger partial charge in [-0.15, -0.1) is 0 Å². The molecule has 0 aliphatic carbocycles. The second-order valence-electron chi connectivity index (χ2n) is 3.40. The molecule has 0 aromatic rings. The minimum Gasteiger partial charge on any atom is -0.379 e. The zero-order valence-electron chi connectivity index (χ0n) is 9.04. The van der Waals surface area contributed by atoms with E-state index in [0.717, 1.165) is 13.2 Å². The third-order valence-corrected chi connectivity index (χ3v) is 1.61. The van der Waals surface area contributed by atoms with Crippen molar-refractivity contribution in [3.63, 3.8) is 0 Å². The van der Waals surface area contributed by atoms with Crippen LogP contribution < -0.4 is 10.6 Å². The number of rotatable bonds is 9. The van der Waals surface area contributed by atoms with Gasteiger partial charge in [0.2, 0.25) is 5.91 Å². The number of likely N-dealkylation sites (N-methyl/N-ethyl adjacent to an activating group) is 1. The Morgan fingerprint density at radius 1 is 1.14 bits per heavy atom. The molecule has 3 N–H and O–H groups in total. The van der Waals surface area contributed by atoms with E-state index < -0.39 is 0 Å². The van der Waals surface area contributed by atoms with Gasteiger partial charge >= 0.3 is 0 Å². The van der Waals surface area contributed by atoms with Gasteiger partial charge in [-0.3, -0.25) is 4.79 Å². The van der Waals surface area contributed by atoms with Crippen molar-refractivity contribution in [3.05, 3.63) is 0 Å². The lowest BCUT2D eigenvalue weighted by molar-refractivity contribution is -0.858. The first-order valence-corrected chi connectivity index (χ1v) is 4.85. The van der Waals surface area contributed by atoms with Crippen LogP contribution in [0.2, 0.25) is 0 Å². The number of hydrogen-bond donors (Lipinski definition) is 2. The highest BCUT2D eigenvalue weighted by Crippen LogP contribution is 1.81. The molecule has 0 rings (SSSR count). The molecule has 0 heterocycles. The molecule has 0 fully saturated rings. The summed E-state index contributed by atoms with van der Waals surface area (Å²) >= 11 is 0. The third-order valence-electron chi connectivity index (χ3n) is 1.61. The second kappa shape index (κ2) is 8.93. The lowest BCUT2D eigenvalue weighted by atomic mass is 10.4. The normalized spacial score (nSPS) is 10.8. The molecule has 14 heavy (non-hydrogen) atoms. The molecule has 84 valence electrons. The molecule has 0 radical (unpaired) electrons. The molecule has 1 amide bonds. The zero-order valence-corrected chi connectivity index (χ0v) is 9.04. The summed E-state index contributed by atoms with van der Waals surface area (Å²) in [6, 6.07) is 0. The molecule has 0 aromatic carbocycles. The topological polar surface area (TPSA) is 66.0 Å². The third kappa shape index (κ3) is 11.4. The molecule has 0 unspecified atom stereocenters. The molecule has 0 spiro atoms. The molecule has 0 aliphatic heterocycles. The molecule has 0 atom stereocenters. The summed E-state index contributed by atoms with van der Waals surface area (Å²) in [4.78, 5) is 11.7. The van der Waals surface area contributed by atoms with Gasteiger partial charge in [0, 0.05) is 6.42 Å². The molecule has 0 saturated heterocycles. The van der Waals surface area contributed by atoms with Crippen molar-refractivity contribution in [3.8, 4) is 0 Å². The molecular weight excluding hydrogens is 184 g/mol. The number of carbonyl (C=O) groups excluding carboxylic acids is 1. The van der Waals surface area contributed by atoms with Crippen LogP contribution in [0, 0.1) is 0 Å². The van der Waals surface area contributed by atoms with Crippen LogP contribution in [-0.4, -0.2) is 53.0 Å². The maximum absolute atomic E-state index is 10.3. The van der Waals surface area contributed by atoms with Gasteiger partial charge in [-0.05, 0) is 0 Å². The Balaban J connectivity index is 2.96. The van der Waals surface area contributed by atoms with Crippen molar-refractivity contribution in [1.82, 2.24) is 0 Å². The average Bonchev–Trinajstić information content (AvgIpc) is 2.08. The molecule has 5 nitrogen and oxygen atoms in total. The van der Waals surface area contributed by atoms with Gasteiger partial charge in [-0.2, -0.15) is 0 Å². The molecule has 5 heteroatoms. The Hall–Kier alpha value is -0.650. The summed E-state index contributed by atoms with van der Waals surface area (Å²) in [6.45, 7) is 3.21. The summed E-state index contributed by atoms with van der Waals surface area (Å²) in [5.41, 5.74) is 4.94. The first-order chi connectivity index (χ1) is 6.63. The lowest BCUT2D eigenvalue weighted by Crippen LogP contribution is -3.06. The van der Waals surface area contributed by atoms with Crippen LogP contribution >= 0.6 is 0 Å². The number of ether oxygens (including phenoxy) is 2. The number of quaternary nitrogens is 1. The fraction of sp³-hybridized carbons (Fsp3) is 0.889. The summed E-state index contributed by atoms with van der Waals surface area (Å²) in [6.07, 6.45) is 0.280. The quantitative estimate of drug-likeness (QED) is 0.430. The van der Waals surface area contributed by atoms with Crippen LogP contribution in [0.25, 0.3) is 0 Å². The lowest BCUT2D eigenvalue weighted by Gasteiger charge is -2.07. The van der Waals surface area contributed by atoms with Gasteiger partial charge in [0.05, 0.1) is 40.5 Å². The number of carbonyl (C=O) groups is 1. The van der Waals surface area contributed by atoms with Crippen LogP contribution in [0.5, 0.6) is 0 Å². The Bertz CT molecular complexity index is 151. The smallest absolute Gasteiger partial charge is 0.219 e. The molecule has 0 aromatic heterocycles. The predicted octanol–water partition coefficient (Wildman–Crippen LogP) is -1.96. The number of nitrogens with one attached hydrogen (secondary N) is 1. The van der Waals surface area contributed by atoms with Gasteiger partial charge < -0.3 is 20.1 Å². The highest BCUT2D eigenvalue weighted by atomic mass is 16.5. The van der Waals surface area contributed by atoms with Gasteiger partial charge in [-0.25, -0.2) is 0 Å². The van der Waals surface area contributed by atoms with Crippen LogP contribution in [-0.2, 0) is 14.3 Å². The van der Waals surface area contributed by atoms with Crippen LogP contribution in [0.4, 0.5) is 0 Å². The van der Waals surface area contributed by atoms with E-state index in [0.29, 0.717) is 19.8 Å². The maximum Gasteiger partial charge on any atom is 0.219 e. The molecular formula is C9H21N2O3+. The van der Waals surface area contributed by atoms with Gasteiger partial charge in [0.15, 0.2) is 0 Å². The first-order valence-electron chi connectivity index (χ1n) is 4.85. The van der Waals surface area contributed by atoms with Crippen LogP contribution in [0.3, 0.4) is 0 Å². The van der Waals surface area contributed by atoms with Gasteiger partial charge in [-0.1, -0.05) is 0 Å². The Labute approximate surface area is 85.1 Å². The Kier molecular flexibility index (Phi) is 8.51. The Morgan fingerprint density at radius 2 is 1.71 bits per heavy atom. The number of amides is 1. The van der Waals surface area contributed by atoms with Crippen molar-refractivity contribution in [1.29, 1.82) is 0 Å². The second-order valence-corrected chi connectivity index (χ2v) is 3.40. The Morgan fingerprint density at radius 3 is 2.21 bits per heavy atom. The number of primary amides is 1. The van der Waals surface area contributed by atoms with E-state index in [-0.39, 0.29) is 12.3 Å². The summed E-state index contributed by atoms with van der Waals surface area (Å²) in [5, 5.41) is 0. The van der Waals surface area contributed by atoms with Crippen molar-refractivity contribution in [2.24, 2.45) is 5.73 Å². The van der Waals surface area contributed by atoms with E-state index in [1.807, 2.05) is 0 Å². The maximum atomic E-state index is 10.3. The SMILES string of the molecule is C[NH+](C)CCOCCOCCC(N)=O. The number of nitrogens with two attached hydrogens (primary N) is 1. The van der Waals surface area contributed by atoms with Gasteiger partial charge in [0.1, 0.15) is 6.54 Å². The van der Waals surface area contributed by atoms with E-state index >= 15 is 0 Å². The summed E-state index contributed by atoms with van der Waals surface area (Å²) in [5.74, 6) is -0.331. The average molecular weight is 205 g/mol. The largest absolute Gasteiger partial charge is 0.379 e. The van der Waals surface area contributed by atoms with E-state index in [1.165, 1.54) is 4.90 Å². The first kappa shape index (κ1) is 13.4. The fourth-order valence-electron chi connectivity index (χ4n) is 0.771. The standard InChI is InChI=1S/C9H20N2O3/c1-11(2)4-6-14-8-7-13-5-3-9(10)12/h3-8H2,1-2H3,(H2,10,12)/p+1. The van der Waals surface area contributed by atoms with Crippen LogP contribution in [0.15, 0.2) is 0 Å². The van der Waals surface area contributed by atoms with E-state index in [2.05, 4.69) is 14.1 Å². The minimum absolute atomic E-state index is 0.280. The van der Waals surface area contributed by atoms with Crippen molar-refractivity contribution >= 4 is 5.91 Å².